The van der Waals surface area contributed by atoms with Crippen molar-refractivity contribution in [3.05, 3.63) is 56.3 Å². The molecule has 0 radical (unpaired) electrons. The molecule has 0 aliphatic carbocycles. The molecule has 0 saturated heterocycles. The minimum atomic E-state index is -0.457. The third-order valence-electron chi connectivity index (χ3n) is 4.11. The summed E-state index contributed by atoms with van der Waals surface area (Å²) in [5.74, 6) is -0.222. The SMILES string of the molecule is O=C(NCCCC(=O)N1CCc2ccc([N+](=O)[O-])cc21)c1ccsc1. The van der Waals surface area contributed by atoms with Crippen LogP contribution in [0.3, 0.4) is 0 Å². The summed E-state index contributed by atoms with van der Waals surface area (Å²) in [4.78, 5) is 36.3. The smallest absolute Gasteiger partial charge is 0.271 e. The Labute approximate surface area is 148 Å². The third-order valence-corrected chi connectivity index (χ3v) is 4.80. The van der Waals surface area contributed by atoms with Gasteiger partial charge in [-0.1, -0.05) is 6.07 Å². The van der Waals surface area contributed by atoms with Gasteiger partial charge in [-0.05, 0) is 29.9 Å². The quantitative estimate of drug-likeness (QED) is 0.488. The summed E-state index contributed by atoms with van der Waals surface area (Å²) in [6.45, 7) is 0.951. The molecule has 0 bridgehead atoms. The van der Waals surface area contributed by atoms with E-state index >= 15 is 0 Å². The number of non-ortho nitro benzene ring substituents is 1. The highest BCUT2D eigenvalue weighted by Crippen LogP contribution is 2.32. The zero-order valence-electron chi connectivity index (χ0n) is 13.4. The zero-order chi connectivity index (χ0) is 17.8. The molecule has 1 aliphatic heterocycles. The van der Waals surface area contributed by atoms with Gasteiger partial charge in [0.1, 0.15) is 0 Å². The largest absolute Gasteiger partial charge is 0.352 e. The maximum Gasteiger partial charge on any atom is 0.271 e. The molecule has 8 heteroatoms. The number of fused-ring (bicyclic) bond motifs is 1. The molecule has 1 N–H and O–H groups in total. The van der Waals surface area contributed by atoms with Crippen LogP contribution < -0.4 is 10.2 Å². The van der Waals surface area contributed by atoms with Crippen molar-refractivity contribution in [3.63, 3.8) is 0 Å². The molecule has 0 unspecified atom stereocenters. The van der Waals surface area contributed by atoms with E-state index in [0.717, 1.165) is 5.56 Å². The molecule has 2 heterocycles. The number of hydrogen-bond acceptors (Lipinski definition) is 5. The van der Waals surface area contributed by atoms with E-state index in [2.05, 4.69) is 5.32 Å². The van der Waals surface area contributed by atoms with Crippen molar-refractivity contribution in [3.8, 4) is 0 Å². The van der Waals surface area contributed by atoms with E-state index in [1.807, 2.05) is 5.38 Å². The minimum absolute atomic E-state index is 0.0125. The Morgan fingerprint density at radius 3 is 2.88 bits per heavy atom. The lowest BCUT2D eigenvalue weighted by Gasteiger charge is -2.17. The molecule has 1 aliphatic rings. The number of amides is 2. The number of nitro groups is 1. The van der Waals surface area contributed by atoms with Gasteiger partial charge < -0.3 is 10.2 Å². The Kier molecular flexibility index (Phi) is 5.08. The monoisotopic (exact) mass is 359 g/mol. The second kappa shape index (κ2) is 7.43. The molecule has 1 aromatic heterocycles. The lowest BCUT2D eigenvalue weighted by Crippen LogP contribution is -2.30. The standard InChI is InChI=1S/C17H17N3O4S/c21-16(2-1-7-18-17(22)13-6-9-25-11-13)19-8-5-12-3-4-14(20(23)24)10-15(12)19/h3-4,6,9-11H,1-2,5,7-8H2,(H,18,22). The molecule has 2 aromatic rings. The predicted octanol–water partition coefficient (Wildman–Crippen LogP) is 2.76. The number of carbonyl (C=O) groups is 2. The number of carbonyl (C=O) groups excluding carboxylic acids is 2. The normalized spacial score (nSPS) is 12.7. The van der Waals surface area contributed by atoms with Crippen LogP contribution in [-0.4, -0.2) is 29.8 Å². The summed E-state index contributed by atoms with van der Waals surface area (Å²) in [6, 6.07) is 6.38. The van der Waals surface area contributed by atoms with Gasteiger partial charge in [0, 0.05) is 42.6 Å². The maximum absolute atomic E-state index is 12.4. The number of nitrogens with zero attached hydrogens (tertiary/aromatic N) is 2. The van der Waals surface area contributed by atoms with Crippen LogP contribution >= 0.6 is 11.3 Å². The minimum Gasteiger partial charge on any atom is -0.352 e. The number of nitro benzene ring substituents is 1. The Balaban J connectivity index is 1.52. The Morgan fingerprint density at radius 2 is 2.16 bits per heavy atom. The molecule has 0 saturated carbocycles. The molecule has 2 amide bonds. The van der Waals surface area contributed by atoms with Gasteiger partial charge in [0.05, 0.1) is 10.6 Å². The fourth-order valence-electron chi connectivity index (χ4n) is 2.81. The number of nitrogens with one attached hydrogen (secondary N) is 1. The molecular formula is C17H17N3O4S. The van der Waals surface area contributed by atoms with Crippen LogP contribution in [0.2, 0.25) is 0 Å². The first-order valence-corrected chi connectivity index (χ1v) is 8.88. The molecular weight excluding hydrogens is 342 g/mol. The van der Waals surface area contributed by atoms with Crippen molar-refractivity contribution >= 4 is 34.5 Å². The molecule has 25 heavy (non-hydrogen) atoms. The third kappa shape index (κ3) is 3.85. The van der Waals surface area contributed by atoms with E-state index < -0.39 is 4.92 Å². The van der Waals surface area contributed by atoms with Crippen molar-refractivity contribution in [1.29, 1.82) is 0 Å². The van der Waals surface area contributed by atoms with Crippen LogP contribution in [0.25, 0.3) is 0 Å². The first-order valence-electron chi connectivity index (χ1n) is 7.94. The van der Waals surface area contributed by atoms with Gasteiger partial charge in [-0.15, -0.1) is 0 Å². The van der Waals surface area contributed by atoms with Crippen molar-refractivity contribution in [2.24, 2.45) is 0 Å². The Hall–Kier alpha value is -2.74. The second-order valence-electron chi connectivity index (χ2n) is 5.74. The van der Waals surface area contributed by atoms with Crippen molar-refractivity contribution in [2.75, 3.05) is 18.0 Å². The molecule has 7 nitrogen and oxygen atoms in total. The van der Waals surface area contributed by atoms with Gasteiger partial charge in [0.15, 0.2) is 0 Å². The number of thiophene rings is 1. The van der Waals surface area contributed by atoms with Crippen LogP contribution in [0, 0.1) is 10.1 Å². The maximum atomic E-state index is 12.4. The summed E-state index contributed by atoms with van der Waals surface area (Å²) >= 11 is 1.46. The summed E-state index contributed by atoms with van der Waals surface area (Å²) in [7, 11) is 0. The van der Waals surface area contributed by atoms with E-state index in [1.165, 1.54) is 23.5 Å². The highest BCUT2D eigenvalue weighted by atomic mass is 32.1. The fourth-order valence-corrected chi connectivity index (χ4v) is 3.45. The van der Waals surface area contributed by atoms with Crippen molar-refractivity contribution < 1.29 is 14.5 Å². The first-order chi connectivity index (χ1) is 12.1. The predicted molar refractivity (Wildman–Crippen MR) is 95.0 cm³/mol. The van der Waals surface area contributed by atoms with Crippen molar-refractivity contribution in [1.82, 2.24) is 5.32 Å². The molecule has 0 atom stereocenters. The van der Waals surface area contributed by atoms with Crippen LogP contribution in [0.5, 0.6) is 0 Å². The lowest BCUT2D eigenvalue weighted by molar-refractivity contribution is -0.384. The number of benzene rings is 1. The van der Waals surface area contributed by atoms with Crippen LogP contribution in [0.1, 0.15) is 28.8 Å². The highest BCUT2D eigenvalue weighted by molar-refractivity contribution is 7.08. The molecule has 0 fully saturated rings. The average Bonchev–Trinajstić information content (AvgIpc) is 3.27. The summed E-state index contributed by atoms with van der Waals surface area (Å²) < 4.78 is 0. The summed E-state index contributed by atoms with van der Waals surface area (Å²) in [5.41, 5.74) is 2.19. The van der Waals surface area contributed by atoms with Gasteiger partial charge in [0.25, 0.3) is 11.6 Å². The molecule has 1 aromatic carbocycles. The highest BCUT2D eigenvalue weighted by Gasteiger charge is 2.26. The number of hydrogen-bond donors (Lipinski definition) is 1. The van der Waals surface area contributed by atoms with Gasteiger partial charge in [-0.2, -0.15) is 11.3 Å². The van der Waals surface area contributed by atoms with Crippen molar-refractivity contribution in [2.45, 2.75) is 19.3 Å². The van der Waals surface area contributed by atoms with E-state index in [9.17, 15) is 19.7 Å². The average molecular weight is 359 g/mol. The topological polar surface area (TPSA) is 92.6 Å². The lowest BCUT2D eigenvalue weighted by atomic mass is 10.1. The van der Waals surface area contributed by atoms with Crippen LogP contribution in [0.15, 0.2) is 35.0 Å². The Bertz CT molecular complexity index is 804. The van der Waals surface area contributed by atoms with Gasteiger partial charge >= 0.3 is 0 Å². The number of anilines is 1. The van der Waals surface area contributed by atoms with E-state index in [4.69, 9.17) is 0 Å². The van der Waals surface area contributed by atoms with E-state index in [-0.39, 0.29) is 23.9 Å². The fraction of sp³-hybridized carbons (Fsp3) is 0.294. The zero-order valence-corrected chi connectivity index (χ0v) is 14.3. The van der Waals surface area contributed by atoms with Gasteiger partial charge in [-0.25, -0.2) is 0 Å². The van der Waals surface area contributed by atoms with Crippen LogP contribution in [-0.2, 0) is 11.2 Å². The van der Waals surface area contributed by atoms with E-state index in [1.54, 1.807) is 22.4 Å². The molecule has 130 valence electrons. The molecule has 0 spiro atoms. The van der Waals surface area contributed by atoms with Gasteiger partial charge in [0.2, 0.25) is 5.91 Å². The summed E-state index contributed by atoms with van der Waals surface area (Å²) in [5, 5.41) is 17.3. The Morgan fingerprint density at radius 1 is 1.32 bits per heavy atom. The second-order valence-corrected chi connectivity index (χ2v) is 6.52. The van der Waals surface area contributed by atoms with Crippen LogP contribution in [0.4, 0.5) is 11.4 Å². The summed E-state index contributed by atoms with van der Waals surface area (Å²) in [6.07, 6.45) is 1.51. The van der Waals surface area contributed by atoms with E-state index in [0.29, 0.717) is 37.2 Å². The molecule has 3 rings (SSSR count). The number of rotatable bonds is 6. The first kappa shape index (κ1) is 17.1. The van der Waals surface area contributed by atoms with Gasteiger partial charge in [-0.3, -0.25) is 19.7 Å².